The molecule has 0 radical (unpaired) electrons. The number of nitro groups is 1. The number of carbonyl (C=O) groups is 1. The lowest BCUT2D eigenvalue weighted by molar-refractivity contribution is -0.385. The van der Waals surface area contributed by atoms with Crippen molar-refractivity contribution in [2.24, 2.45) is 0 Å². The molecule has 1 aromatic carbocycles. The Bertz CT molecular complexity index is 488. The Morgan fingerprint density at radius 2 is 2.20 bits per heavy atom. The van der Waals surface area contributed by atoms with Gasteiger partial charge in [0.05, 0.1) is 4.92 Å². The van der Waals surface area contributed by atoms with Crippen LogP contribution in [0.5, 0.6) is 5.75 Å². The fourth-order valence-electron chi connectivity index (χ4n) is 1.07. The molecule has 0 atom stereocenters. The summed E-state index contributed by atoms with van der Waals surface area (Å²) in [5.41, 5.74) is -1.01. The van der Waals surface area contributed by atoms with E-state index < -0.39 is 27.7 Å². The van der Waals surface area contributed by atoms with Crippen LogP contribution in [-0.4, -0.2) is 15.8 Å². The number of hydrogen-bond acceptors (Lipinski definition) is 5. The summed E-state index contributed by atoms with van der Waals surface area (Å²) < 4.78 is 0. The first-order valence-electron chi connectivity index (χ1n) is 3.89. The highest BCUT2D eigenvalue weighted by Gasteiger charge is 2.20. The number of nitro benzene ring substituents is 1. The predicted molar refractivity (Wildman–Crippen MR) is 49.5 cm³/mol. The molecule has 6 heteroatoms. The summed E-state index contributed by atoms with van der Waals surface area (Å²) in [7, 11) is 0. The Morgan fingerprint density at radius 3 is 2.60 bits per heavy atom. The van der Waals surface area contributed by atoms with Gasteiger partial charge in [-0.25, -0.2) is 0 Å². The zero-order chi connectivity index (χ0) is 11.6. The number of carbonyl (C=O) groups excluding carboxylic acids is 1. The third-order valence-electron chi connectivity index (χ3n) is 1.81. The van der Waals surface area contributed by atoms with Gasteiger partial charge < -0.3 is 5.11 Å². The third kappa shape index (κ3) is 1.91. The fraction of sp³-hybridized carbons (Fsp3) is 0.111. The molecule has 0 saturated carbocycles. The summed E-state index contributed by atoms with van der Waals surface area (Å²) in [5.74, 6) is -0.977. The van der Waals surface area contributed by atoms with E-state index >= 15 is 0 Å². The van der Waals surface area contributed by atoms with Crippen molar-refractivity contribution in [1.82, 2.24) is 0 Å². The van der Waals surface area contributed by atoms with Crippen molar-refractivity contribution >= 4 is 11.5 Å². The van der Waals surface area contributed by atoms with Crippen LogP contribution in [0.4, 0.5) is 5.69 Å². The molecule has 76 valence electrons. The molecule has 0 fully saturated rings. The average molecular weight is 206 g/mol. The van der Waals surface area contributed by atoms with Crippen LogP contribution in [0.2, 0.25) is 0 Å². The van der Waals surface area contributed by atoms with Crippen molar-refractivity contribution in [3.8, 4) is 11.8 Å². The van der Waals surface area contributed by atoms with Gasteiger partial charge in [-0.2, -0.15) is 5.26 Å². The minimum atomic E-state index is -0.815. The molecule has 0 saturated heterocycles. The lowest BCUT2D eigenvalue weighted by atomic mass is 10.1. The van der Waals surface area contributed by atoms with Crippen molar-refractivity contribution in [3.63, 3.8) is 0 Å². The van der Waals surface area contributed by atoms with Crippen LogP contribution in [0.3, 0.4) is 0 Å². The van der Waals surface area contributed by atoms with E-state index in [1.165, 1.54) is 13.0 Å². The third-order valence-corrected chi connectivity index (χ3v) is 1.81. The summed E-state index contributed by atoms with van der Waals surface area (Å²) in [6, 6.07) is 3.52. The van der Waals surface area contributed by atoms with Crippen molar-refractivity contribution in [2.75, 3.05) is 0 Å². The second-order valence-electron chi connectivity index (χ2n) is 2.81. The SMILES string of the molecule is CC(=O)c1cc(O)c(C#N)c([N+](=O)[O-])c1. The minimum absolute atomic E-state index is 0.00167. The van der Waals surface area contributed by atoms with Gasteiger partial charge >= 0.3 is 0 Å². The summed E-state index contributed by atoms with van der Waals surface area (Å²) in [4.78, 5) is 20.7. The zero-order valence-electron chi connectivity index (χ0n) is 7.72. The molecule has 0 bridgehead atoms. The molecular formula is C9H6N2O4. The summed E-state index contributed by atoms with van der Waals surface area (Å²) >= 11 is 0. The molecule has 0 heterocycles. The van der Waals surface area contributed by atoms with E-state index in [-0.39, 0.29) is 5.56 Å². The number of phenolic OH excluding ortho intramolecular Hbond substituents is 1. The van der Waals surface area contributed by atoms with Crippen LogP contribution >= 0.6 is 0 Å². The molecule has 0 unspecified atom stereocenters. The Kier molecular flexibility index (Phi) is 2.67. The number of aromatic hydroxyl groups is 1. The lowest BCUT2D eigenvalue weighted by Gasteiger charge is -2.00. The molecule has 0 amide bonds. The van der Waals surface area contributed by atoms with Gasteiger partial charge in [-0.1, -0.05) is 0 Å². The number of hydrogen-bond donors (Lipinski definition) is 1. The topological polar surface area (TPSA) is 104 Å². The zero-order valence-corrected chi connectivity index (χ0v) is 7.72. The van der Waals surface area contributed by atoms with Crippen molar-refractivity contribution < 1.29 is 14.8 Å². The van der Waals surface area contributed by atoms with Crippen LogP contribution in [0, 0.1) is 21.4 Å². The van der Waals surface area contributed by atoms with E-state index in [2.05, 4.69) is 0 Å². The molecule has 1 rings (SSSR count). The standard InChI is InChI=1S/C9H6N2O4/c1-5(12)6-2-8(11(14)15)7(4-10)9(13)3-6/h2-3,13H,1H3. The smallest absolute Gasteiger partial charge is 0.291 e. The van der Waals surface area contributed by atoms with E-state index in [1.807, 2.05) is 0 Å². The summed E-state index contributed by atoms with van der Waals surface area (Å²) in [6.45, 7) is 1.21. The van der Waals surface area contributed by atoms with Gasteiger partial charge in [-0.3, -0.25) is 14.9 Å². The maximum absolute atomic E-state index is 11.0. The van der Waals surface area contributed by atoms with Gasteiger partial charge in [0.1, 0.15) is 11.8 Å². The molecule has 1 N–H and O–H groups in total. The van der Waals surface area contributed by atoms with Gasteiger partial charge in [-0.15, -0.1) is 0 Å². The van der Waals surface area contributed by atoms with Gasteiger partial charge in [0.15, 0.2) is 11.3 Å². The highest BCUT2D eigenvalue weighted by Crippen LogP contribution is 2.28. The van der Waals surface area contributed by atoms with Gasteiger partial charge in [0.2, 0.25) is 0 Å². The van der Waals surface area contributed by atoms with E-state index in [0.29, 0.717) is 0 Å². The van der Waals surface area contributed by atoms with Crippen LogP contribution in [0.25, 0.3) is 0 Å². The number of ketones is 1. The molecule has 0 aliphatic carbocycles. The van der Waals surface area contributed by atoms with E-state index in [4.69, 9.17) is 5.26 Å². The number of Topliss-reactive ketones (excluding diaryl/α,β-unsaturated/α-hetero) is 1. The number of nitriles is 1. The monoisotopic (exact) mass is 206 g/mol. The van der Waals surface area contributed by atoms with Crippen LogP contribution in [0.15, 0.2) is 12.1 Å². The lowest BCUT2D eigenvalue weighted by Crippen LogP contribution is -1.98. The van der Waals surface area contributed by atoms with Crippen molar-refractivity contribution in [3.05, 3.63) is 33.4 Å². The second-order valence-corrected chi connectivity index (χ2v) is 2.81. The number of nitrogens with zero attached hydrogens (tertiary/aromatic N) is 2. The maximum Gasteiger partial charge on any atom is 0.291 e. The first-order valence-corrected chi connectivity index (χ1v) is 3.89. The largest absolute Gasteiger partial charge is 0.506 e. The molecule has 1 aromatic rings. The minimum Gasteiger partial charge on any atom is -0.506 e. The van der Waals surface area contributed by atoms with Crippen LogP contribution < -0.4 is 0 Å². The second kappa shape index (κ2) is 3.75. The van der Waals surface area contributed by atoms with Crippen molar-refractivity contribution in [2.45, 2.75) is 6.92 Å². The molecule has 0 aromatic heterocycles. The number of phenols is 1. The molecule has 6 nitrogen and oxygen atoms in total. The van der Waals surface area contributed by atoms with E-state index in [0.717, 1.165) is 12.1 Å². The Labute approximate surface area is 84.5 Å². The number of benzene rings is 1. The van der Waals surface area contributed by atoms with Crippen LogP contribution in [-0.2, 0) is 0 Å². The van der Waals surface area contributed by atoms with E-state index in [9.17, 15) is 20.0 Å². The fourth-order valence-corrected chi connectivity index (χ4v) is 1.07. The normalized spacial score (nSPS) is 9.33. The highest BCUT2D eigenvalue weighted by molar-refractivity contribution is 5.95. The predicted octanol–water partition coefficient (Wildman–Crippen LogP) is 1.37. The molecular weight excluding hydrogens is 200 g/mol. The van der Waals surface area contributed by atoms with Gasteiger partial charge in [0, 0.05) is 11.6 Å². The first kappa shape index (κ1) is 10.7. The molecule has 0 spiro atoms. The molecule has 15 heavy (non-hydrogen) atoms. The molecule has 0 aliphatic heterocycles. The quantitative estimate of drug-likeness (QED) is 0.447. The Balaban J connectivity index is 3.54. The highest BCUT2D eigenvalue weighted by atomic mass is 16.6. The first-order chi connectivity index (χ1) is 6.97. The van der Waals surface area contributed by atoms with Crippen LogP contribution in [0.1, 0.15) is 22.8 Å². The average Bonchev–Trinajstić information content (AvgIpc) is 2.16. The maximum atomic E-state index is 11.0. The van der Waals surface area contributed by atoms with Gasteiger partial charge in [-0.05, 0) is 13.0 Å². The van der Waals surface area contributed by atoms with Gasteiger partial charge in [0.25, 0.3) is 5.69 Å². The summed E-state index contributed by atoms with van der Waals surface area (Å²) in [6.07, 6.45) is 0. The van der Waals surface area contributed by atoms with Crippen molar-refractivity contribution in [1.29, 1.82) is 5.26 Å². The molecule has 0 aliphatic rings. The number of rotatable bonds is 2. The summed E-state index contributed by atoms with van der Waals surface area (Å²) in [5, 5.41) is 28.4. The van der Waals surface area contributed by atoms with E-state index in [1.54, 1.807) is 0 Å². The Hall–Kier alpha value is -2.42. The Morgan fingerprint density at radius 1 is 1.60 bits per heavy atom.